The Bertz CT molecular complexity index is 3830. The van der Waals surface area contributed by atoms with Crippen LogP contribution in [-0.2, 0) is 58.1 Å². The Hall–Kier alpha value is -7.66. The van der Waals surface area contributed by atoms with Gasteiger partial charge in [0, 0.05) is 25.3 Å². The fourth-order valence-corrected chi connectivity index (χ4v) is 12.7. The number of ether oxygens (including phenoxy) is 5. The summed E-state index contributed by atoms with van der Waals surface area (Å²) in [4.78, 5) is 42.0. The monoisotopic (exact) mass is 1430 g/mol. The van der Waals surface area contributed by atoms with E-state index in [1.807, 2.05) is 12.1 Å². The van der Waals surface area contributed by atoms with Gasteiger partial charge in [0.25, 0.3) is 5.69 Å². The number of aliphatic hydroxyl groups excluding tert-OH is 5. The molecule has 4 aromatic heterocycles. The van der Waals surface area contributed by atoms with Crippen molar-refractivity contribution in [3.63, 3.8) is 0 Å². The molecule has 3 aliphatic heterocycles. The molecule has 2 unspecified atom stereocenters. The fourth-order valence-electron chi connectivity index (χ4n) is 9.28. The van der Waals surface area contributed by atoms with Crippen molar-refractivity contribution in [2.24, 2.45) is 5.92 Å². The number of esters is 2. The molecule has 0 amide bonds. The second-order valence-electron chi connectivity index (χ2n) is 21.7. The Morgan fingerprint density at radius 2 is 1.16 bits per heavy atom. The summed E-state index contributed by atoms with van der Waals surface area (Å²) in [6.07, 6.45) is -3.99. The van der Waals surface area contributed by atoms with Crippen LogP contribution in [0, 0.1) is 44.6 Å². The maximum absolute atomic E-state index is 13.8. The molecule has 7 aromatic rings. The van der Waals surface area contributed by atoms with Gasteiger partial charge >= 0.3 is 50.3 Å². The zero-order valence-corrected chi connectivity index (χ0v) is 58.0. The number of nitrogen functional groups attached to an aromatic ring is 2. The summed E-state index contributed by atoms with van der Waals surface area (Å²) in [7, 11) is -8.08. The average Bonchev–Trinajstić information content (AvgIpc) is 1.59. The number of fused-ring (bicyclic) bond motifs is 2. The number of anilines is 2. The van der Waals surface area contributed by atoms with Gasteiger partial charge in [-0.2, -0.15) is 46.6 Å². The fraction of sp³-hybridized carbons (Fsp3) is 0.435. The predicted molar refractivity (Wildman–Crippen MR) is 352 cm³/mol. The summed E-state index contributed by atoms with van der Waals surface area (Å²) in [6.45, 7) is 13.8. The van der Waals surface area contributed by atoms with Crippen molar-refractivity contribution < 1.29 is 103 Å². The number of carbonyl (C=O) groups excluding carboxylic acids is 2. The number of nitrogens with zero attached hydrogens (tertiary/aromatic N) is 9. The van der Waals surface area contributed by atoms with Crippen molar-refractivity contribution in [1.82, 2.24) is 34.3 Å². The van der Waals surface area contributed by atoms with Crippen LogP contribution in [0.3, 0.4) is 0 Å². The summed E-state index contributed by atoms with van der Waals surface area (Å²) < 4.78 is 77.9. The number of carbonyl (C=O) groups is 2. The van der Waals surface area contributed by atoms with E-state index < -0.39 is 105 Å². The van der Waals surface area contributed by atoms with Crippen LogP contribution in [0.4, 0.5) is 17.3 Å². The van der Waals surface area contributed by atoms with Crippen molar-refractivity contribution in [1.29, 1.82) is 10.5 Å². The van der Waals surface area contributed by atoms with E-state index in [9.17, 15) is 64.9 Å². The Labute approximate surface area is 588 Å². The van der Waals surface area contributed by atoms with E-state index >= 15 is 0 Å². The second-order valence-corrected chi connectivity index (χ2v) is 25.3. The molecule has 10 rings (SSSR count). The van der Waals surface area contributed by atoms with Crippen molar-refractivity contribution in [3.8, 4) is 29.4 Å². The number of hydrogen-bond acceptors (Lipinski definition) is 28. The third-order valence-corrected chi connectivity index (χ3v) is 17.5. The summed E-state index contributed by atoms with van der Waals surface area (Å²) in [6, 6.07) is 30.4. The zero-order valence-electron chi connectivity index (χ0n) is 54.0. The van der Waals surface area contributed by atoms with Crippen LogP contribution in [0.1, 0.15) is 80.1 Å². The molecule has 32 nitrogen and oxygen atoms in total. The van der Waals surface area contributed by atoms with Gasteiger partial charge in [-0.15, -0.1) is 0 Å². The van der Waals surface area contributed by atoms with Crippen molar-refractivity contribution in [3.05, 3.63) is 149 Å². The van der Waals surface area contributed by atoms with Gasteiger partial charge in [0.2, 0.25) is 11.2 Å². The number of hydrogen-bond donors (Lipinski definition) is 8. The van der Waals surface area contributed by atoms with Gasteiger partial charge in [-0.3, -0.25) is 24.2 Å². The van der Waals surface area contributed by atoms with Crippen molar-refractivity contribution in [2.45, 2.75) is 123 Å². The van der Waals surface area contributed by atoms with Crippen LogP contribution in [0.25, 0.3) is 11.0 Å². The zero-order chi connectivity index (χ0) is 69.7. The minimum Gasteiger partial charge on any atom is -1.00 e. The number of benzene rings is 3. The molecule has 10 N–H and O–H groups in total. The van der Waals surface area contributed by atoms with Gasteiger partial charge in [0.1, 0.15) is 95.7 Å². The molecule has 528 valence electrons. The number of nitro groups is 1. The van der Waals surface area contributed by atoms with Crippen LogP contribution in [-0.4, -0.2) is 183 Å². The first-order valence-electron chi connectivity index (χ1n) is 29.7. The minimum atomic E-state index is -4.06. The number of nitrogens with one attached hydrogen (secondary N) is 1. The van der Waals surface area contributed by atoms with Crippen LogP contribution in [0.15, 0.2) is 122 Å². The standard InChI is InChI=1S/C24H28N5O8P.C17H19N2O7P.C12H13N5O4.C4H8O.C4H9.CH4.ClH.Mg/c1-3-34-23(32)15(2)12-38(33,37-16-7-5-4-6-8-16)35-11-18-20(30)21(31)24(13-25,36-18)19-10-9-17-22(26)27-14-28-29(17)19;1-3-24-17(20)13(2)18-27(23,25-15-7-5-4-6-8-15)26-16-11-9-14(10-12-16)19(21)22;13-4-12(10(20)9(19)7(3-18)21-12)8-2-1-6-11(14)15-5-16-17(6)8;1-2-4-5-3-1;1-4(2)3;;;/h4-10,14-15,18,20-21,30-31H,3,11-12H2,1-2H3,(H2,26,27,28);4-13H,3H2,1-2H3,(H,18,23);1-2,5,7,9-10,18-20H,3H2,(H2,14,15,16);1-4H2;1-3H3;1H4;1H;/q;;;;-1;;;+2/p-1/t15-,18-,20-,21-,24+,38?;13-,27?;7-,9-,10-,12+;;;;;/m101...../s1. The first kappa shape index (κ1) is 84.6. The maximum Gasteiger partial charge on any atom is 2.00 e. The van der Waals surface area contributed by atoms with Gasteiger partial charge in [0.15, 0.2) is 11.6 Å². The largest absolute Gasteiger partial charge is 2.00 e. The number of para-hydroxylation sites is 2. The molecule has 36 heteroatoms. The van der Waals surface area contributed by atoms with Gasteiger partial charge < -0.3 is 92.6 Å². The van der Waals surface area contributed by atoms with Gasteiger partial charge in [-0.05, 0) is 94.3 Å². The minimum absolute atomic E-state index is 0. The van der Waals surface area contributed by atoms with E-state index in [0.29, 0.717) is 11.0 Å². The van der Waals surface area contributed by atoms with Crippen LogP contribution in [0.2, 0.25) is 0 Å². The summed E-state index contributed by atoms with van der Waals surface area (Å²) in [5.41, 5.74) is 8.68. The molecule has 0 spiro atoms. The first-order chi connectivity index (χ1) is 45.2. The van der Waals surface area contributed by atoms with Crippen molar-refractivity contribution in [2.75, 3.05) is 57.3 Å². The number of non-ortho nitro benzene ring substituents is 1. The van der Waals surface area contributed by atoms with Crippen molar-refractivity contribution >= 4 is 78.7 Å². The Kier molecular flexibility index (Phi) is 33.8. The number of nitriles is 2. The normalized spacial score (nSPS) is 22.2. The molecule has 98 heavy (non-hydrogen) atoms. The molecule has 0 aliphatic carbocycles. The van der Waals surface area contributed by atoms with Gasteiger partial charge in [-0.1, -0.05) is 50.7 Å². The molecular formula is C62H81ClMgN12O20P2. The van der Waals surface area contributed by atoms with E-state index in [-0.39, 0.29) is 108 Å². The number of halogens is 1. The molecule has 7 heterocycles. The quantitative estimate of drug-likeness (QED) is 0.0128. The van der Waals surface area contributed by atoms with E-state index in [2.05, 4.69) is 46.0 Å². The summed E-state index contributed by atoms with van der Waals surface area (Å²) >= 11 is 0. The second kappa shape index (κ2) is 39.2. The van der Waals surface area contributed by atoms with Crippen LogP contribution < -0.4 is 42.5 Å². The number of aliphatic hydroxyl groups is 5. The van der Waals surface area contributed by atoms with Crippen LogP contribution >= 0.6 is 15.3 Å². The first-order valence-corrected chi connectivity index (χ1v) is 32.9. The maximum atomic E-state index is 13.8. The smallest absolute Gasteiger partial charge is 1.00 e. The molecule has 3 saturated heterocycles. The number of aromatic nitrogens is 6. The molecule has 0 saturated carbocycles. The summed E-state index contributed by atoms with van der Waals surface area (Å²) in [5.74, 6) is 0.294. The number of nitrogens with two attached hydrogens (primary N) is 2. The molecule has 12 atom stereocenters. The van der Waals surface area contributed by atoms with E-state index in [4.69, 9.17) is 53.2 Å². The molecule has 3 aliphatic rings. The predicted octanol–water partition coefficient (Wildman–Crippen LogP) is 3.16. The van der Waals surface area contributed by atoms with Crippen LogP contribution in [0.5, 0.6) is 17.2 Å². The molecular weight excluding hydrogens is 1350 g/mol. The Balaban J connectivity index is 0.000000366. The Morgan fingerprint density at radius 3 is 1.57 bits per heavy atom. The molecule has 0 bridgehead atoms. The van der Waals surface area contributed by atoms with E-state index in [0.717, 1.165) is 13.2 Å². The Morgan fingerprint density at radius 1 is 0.735 bits per heavy atom. The van der Waals surface area contributed by atoms with Gasteiger partial charge in [0.05, 0.1) is 54.8 Å². The molecule has 3 fully saturated rings. The van der Waals surface area contributed by atoms with Gasteiger partial charge in [-0.25, -0.2) is 28.1 Å². The molecule has 3 aromatic carbocycles. The topological polar surface area (TPSA) is 468 Å². The summed E-state index contributed by atoms with van der Waals surface area (Å²) in [5, 5.41) is 91.9. The third-order valence-electron chi connectivity index (χ3n) is 13.8. The third kappa shape index (κ3) is 21.7. The van der Waals surface area contributed by atoms with E-state index in [1.165, 1.54) is 90.7 Å². The number of rotatable bonds is 21. The number of nitro benzene ring substituents is 1. The van der Waals surface area contributed by atoms with E-state index in [1.54, 1.807) is 86.6 Å². The molecule has 0 radical (unpaired) electrons. The SMILES string of the molecule is C.C1CCOC1.CCOC(=O)[C@H](C)CP(=O)(OC[C@H]1O[C@@](C#N)(c2ccc3c(N)ncnn23)[C@H](O)[C@@H]1O)Oc1ccccc1.CCOC(=O)[C@H](C)NP(=O)(Oc1ccccc1)Oc1ccc([N+](=O)[O-])cc1.C[C-](C)C.N#C[C@@]1(c2ccc3c(N)ncnn23)O[C@H](CO)[C@@H](O)[C@H]1O.[Cl-].[Mg+2]. The average molecular weight is 1440 g/mol.